The summed E-state index contributed by atoms with van der Waals surface area (Å²) >= 11 is 0. The normalized spacial score (nSPS) is 11.2. The molecule has 2 rings (SSSR count). The molecule has 0 unspecified atom stereocenters. The number of carboxylic acids is 1. The van der Waals surface area contributed by atoms with E-state index in [1.54, 1.807) is 32.9 Å². The summed E-state index contributed by atoms with van der Waals surface area (Å²) in [6.07, 6.45) is 5.24. The van der Waals surface area contributed by atoms with Crippen molar-refractivity contribution >= 4 is 12.1 Å². The molecule has 1 N–H and O–H groups in total. The summed E-state index contributed by atoms with van der Waals surface area (Å²) in [4.78, 5) is 22.6. The molecule has 0 bridgehead atoms. The first-order valence-electron chi connectivity index (χ1n) is 6.29. The first kappa shape index (κ1) is 14.7. The Labute approximate surface area is 121 Å². The Morgan fingerprint density at radius 1 is 1.29 bits per heavy atom. The number of hydrogen-bond donors (Lipinski definition) is 1. The lowest BCUT2D eigenvalue weighted by Crippen LogP contribution is -2.46. The van der Waals surface area contributed by atoms with E-state index in [2.05, 4.69) is 5.10 Å². The zero-order valence-corrected chi connectivity index (χ0v) is 12.0. The summed E-state index contributed by atoms with van der Waals surface area (Å²) in [5.74, 6) is -1.04. The zero-order chi connectivity index (χ0) is 15.6. The van der Waals surface area contributed by atoms with Crippen LogP contribution in [-0.4, -0.2) is 32.6 Å². The van der Waals surface area contributed by atoms with Crippen molar-refractivity contribution in [3.8, 4) is 5.69 Å². The zero-order valence-electron chi connectivity index (χ0n) is 12.0. The molecule has 0 fully saturated rings. The van der Waals surface area contributed by atoms with Gasteiger partial charge in [-0.15, -0.1) is 0 Å². The van der Waals surface area contributed by atoms with Gasteiger partial charge < -0.3 is 9.84 Å². The summed E-state index contributed by atoms with van der Waals surface area (Å²) in [5, 5.41) is 12.8. The summed E-state index contributed by atoms with van der Waals surface area (Å²) in [6, 6.07) is 3.28. The minimum absolute atomic E-state index is 0.0962. The van der Waals surface area contributed by atoms with E-state index in [-0.39, 0.29) is 5.56 Å². The highest BCUT2D eigenvalue weighted by Gasteiger charge is 2.24. The van der Waals surface area contributed by atoms with Crippen molar-refractivity contribution in [2.45, 2.75) is 26.4 Å². The van der Waals surface area contributed by atoms with Crippen LogP contribution in [0.5, 0.6) is 0 Å². The van der Waals surface area contributed by atoms with E-state index in [0.29, 0.717) is 5.69 Å². The van der Waals surface area contributed by atoms with Crippen LogP contribution in [0.25, 0.3) is 5.69 Å². The van der Waals surface area contributed by atoms with Crippen LogP contribution in [0.2, 0.25) is 0 Å². The van der Waals surface area contributed by atoms with Crippen LogP contribution >= 0.6 is 0 Å². The van der Waals surface area contributed by atoms with E-state index in [4.69, 9.17) is 9.84 Å². The number of carboxylic acid groups (broad SMARTS) is 1. The third-order valence-electron chi connectivity index (χ3n) is 2.51. The number of rotatable bonds is 2. The van der Waals surface area contributed by atoms with E-state index in [1.165, 1.54) is 34.0 Å². The molecule has 21 heavy (non-hydrogen) atoms. The van der Waals surface area contributed by atoms with Crippen LogP contribution in [0, 0.1) is 0 Å². The van der Waals surface area contributed by atoms with Crippen molar-refractivity contribution in [2.24, 2.45) is 0 Å². The molecule has 0 aliphatic carbocycles. The second-order valence-electron chi connectivity index (χ2n) is 5.42. The standard InChI is InChI=1S/C14H15N3O4/c1-14(2,3)21-13(20)16-6-4-11(5-7-16)17-9-10(8-15-17)12(18)19/h4-9H,1-3H3/p+1. The van der Waals surface area contributed by atoms with Gasteiger partial charge in [-0.1, -0.05) is 4.57 Å². The minimum atomic E-state index is -1.04. The summed E-state index contributed by atoms with van der Waals surface area (Å²) < 4.78 is 7.95. The maximum absolute atomic E-state index is 11.8. The van der Waals surface area contributed by atoms with Crippen molar-refractivity contribution in [3.05, 3.63) is 42.5 Å². The highest BCUT2D eigenvalue weighted by molar-refractivity contribution is 5.86. The predicted octanol–water partition coefficient (Wildman–Crippen LogP) is 1.64. The quantitative estimate of drug-likeness (QED) is 0.850. The third-order valence-corrected chi connectivity index (χ3v) is 2.51. The number of hydrogen-bond acceptors (Lipinski definition) is 4. The van der Waals surface area contributed by atoms with Crippen molar-refractivity contribution in [1.82, 2.24) is 9.78 Å². The van der Waals surface area contributed by atoms with Crippen molar-refractivity contribution in [2.75, 3.05) is 0 Å². The molecule has 110 valence electrons. The van der Waals surface area contributed by atoms with Gasteiger partial charge in [-0.25, -0.2) is 9.48 Å². The number of carbonyl (C=O) groups excluding carboxylic acids is 1. The number of aromatic nitrogens is 3. The fourth-order valence-corrected chi connectivity index (χ4v) is 1.58. The topological polar surface area (TPSA) is 85.3 Å². The highest BCUT2D eigenvalue weighted by Crippen LogP contribution is 2.08. The molecule has 0 saturated carbocycles. The minimum Gasteiger partial charge on any atom is -0.478 e. The van der Waals surface area contributed by atoms with Crippen LogP contribution in [0.3, 0.4) is 0 Å². The predicted molar refractivity (Wildman–Crippen MR) is 72.4 cm³/mol. The molecular weight excluding hydrogens is 274 g/mol. The molecular formula is C14H16N3O4+. The number of aromatic carboxylic acids is 1. The molecule has 0 radical (unpaired) electrons. The maximum atomic E-state index is 11.8. The van der Waals surface area contributed by atoms with Gasteiger partial charge in [0.1, 0.15) is 5.60 Å². The first-order chi connectivity index (χ1) is 9.76. The molecule has 0 saturated heterocycles. The van der Waals surface area contributed by atoms with Crippen molar-refractivity contribution < 1.29 is 24.0 Å². The number of nitrogens with zero attached hydrogens (tertiary/aromatic N) is 3. The van der Waals surface area contributed by atoms with Gasteiger partial charge in [0.25, 0.3) is 0 Å². The molecule has 0 amide bonds. The second-order valence-corrected chi connectivity index (χ2v) is 5.42. The van der Waals surface area contributed by atoms with Crippen LogP contribution in [0.15, 0.2) is 36.9 Å². The Balaban J connectivity index is 2.18. The van der Waals surface area contributed by atoms with Gasteiger partial charge >= 0.3 is 12.1 Å². The average Bonchev–Trinajstić information content (AvgIpc) is 2.86. The van der Waals surface area contributed by atoms with Gasteiger partial charge in [-0.2, -0.15) is 9.89 Å². The van der Waals surface area contributed by atoms with E-state index < -0.39 is 17.7 Å². The molecule has 0 spiro atoms. The van der Waals surface area contributed by atoms with E-state index in [1.807, 2.05) is 0 Å². The van der Waals surface area contributed by atoms with Gasteiger partial charge in [-0.05, 0) is 20.8 Å². The lowest BCUT2D eigenvalue weighted by Gasteiger charge is -2.15. The molecule has 0 aliphatic heterocycles. The van der Waals surface area contributed by atoms with Gasteiger partial charge in [0.2, 0.25) is 0 Å². The number of carbonyl (C=O) groups is 2. The molecule has 0 aliphatic rings. The Kier molecular flexibility index (Phi) is 3.75. The Morgan fingerprint density at radius 2 is 1.90 bits per heavy atom. The van der Waals surface area contributed by atoms with Crippen LogP contribution < -0.4 is 4.57 Å². The second kappa shape index (κ2) is 5.35. The van der Waals surface area contributed by atoms with Gasteiger partial charge in [0.15, 0.2) is 12.4 Å². The summed E-state index contributed by atoms with van der Waals surface area (Å²) in [6.45, 7) is 5.37. The van der Waals surface area contributed by atoms with Gasteiger partial charge in [0.05, 0.1) is 17.4 Å². The van der Waals surface area contributed by atoms with Crippen LogP contribution in [0.1, 0.15) is 31.1 Å². The summed E-state index contributed by atoms with van der Waals surface area (Å²) in [7, 11) is 0. The molecule has 2 heterocycles. The Bertz CT molecular complexity index is 668. The largest absolute Gasteiger partial charge is 0.602 e. The molecule has 7 nitrogen and oxygen atoms in total. The molecule has 7 heteroatoms. The Hall–Kier alpha value is -2.70. The van der Waals surface area contributed by atoms with Gasteiger partial charge in [-0.3, -0.25) is 0 Å². The maximum Gasteiger partial charge on any atom is 0.602 e. The van der Waals surface area contributed by atoms with E-state index in [9.17, 15) is 9.59 Å². The molecule has 0 atom stereocenters. The fourth-order valence-electron chi connectivity index (χ4n) is 1.58. The van der Waals surface area contributed by atoms with E-state index in [0.717, 1.165) is 0 Å². The molecule has 2 aromatic rings. The lowest BCUT2D eigenvalue weighted by atomic mass is 10.2. The SMILES string of the molecule is CC(C)(C)OC(=O)[n+]1ccc(-n2cc(C(=O)O)cn2)cc1. The fraction of sp³-hybridized carbons (Fsp3) is 0.286. The molecule has 2 aromatic heterocycles. The van der Waals surface area contributed by atoms with Crippen LogP contribution in [0.4, 0.5) is 4.79 Å². The van der Waals surface area contributed by atoms with Crippen LogP contribution in [-0.2, 0) is 4.74 Å². The third kappa shape index (κ3) is 3.65. The average molecular weight is 290 g/mol. The van der Waals surface area contributed by atoms with Crippen molar-refractivity contribution in [1.29, 1.82) is 0 Å². The first-order valence-corrected chi connectivity index (χ1v) is 6.29. The lowest BCUT2D eigenvalue weighted by molar-refractivity contribution is -0.588. The Morgan fingerprint density at radius 3 is 2.38 bits per heavy atom. The monoisotopic (exact) mass is 290 g/mol. The summed E-state index contributed by atoms with van der Waals surface area (Å²) in [5.41, 5.74) is 0.169. The number of pyridine rings is 1. The van der Waals surface area contributed by atoms with Gasteiger partial charge in [0, 0.05) is 18.3 Å². The van der Waals surface area contributed by atoms with Crippen molar-refractivity contribution in [3.63, 3.8) is 0 Å². The smallest absolute Gasteiger partial charge is 0.478 e. The highest BCUT2D eigenvalue weighted by atomic mass is 16.6. The molecule has 0 aromatic carbocycles. The van der Waals surface area contributed by atoms with E-state index >= 15 is 0 Å². The number of ether oxygens (including phenoxy) is 1.